The summed E-state index contributed by atoms with van der Waals surface area (Å²) in [7, 11) is 0. The van der Waals surface area contributed by atoms with Crippen molar-refractivity contribution in [2.24, 2.45) is 10.8 Å². The van der Waals surface area contributed by atoms with Gasteiger partial charge in [0.05, 0.1) is 30.7 Å². The average molecular weight is 810 g/mol. The van der Waals surface area contributed by atoms with Crippen LogP contribution in [0.4, 0.5) is 23.5 Å². The molecule has 60 heavy (non-hydrogen) atoms. The Bertz CT molecular complexity index is 2370. The molecule has 3 fully saturated rings. The van der Waals surface area contributed by atoms with Gasteiger partial charge >= 0.3 is 0 Å². The van der Waals surface area contributed by atoms with Crippen LogP contribution in [0, 0.1) is 33.5 Å². The van der Waals surface area contributed by atoms with E-state index in [1.165, 1.54) is 10.9 Å². The number of fused-ring (bicyclic) bond motifs is 1. The number of para-hydroxylation sites is 1. The second-order valence-corrected chi connectivity index (χ2v) is 18.0. The Morgan fingerprint density at radius 3 is 2.05 bits per heavy atom. The van der Waals surface area contributed by atoms with Crippen LogP contribution in [0.25, 0.3) is 10.9 Å². The van der Waals surface area contributed by atoms with Crippen LogP contribution in [0.3, 0.4) is 0 Å². The fourth-order valence-electron chi connectivity index (χ4n) is 8.91. The first kappa shape index (κ1) is 40.9. The van der Waals surface area contributed by atoms with E-state index in [9.17, 15) is 15.6 Å². The first-order valence-electron chi connectivity index (χ1n) is 21.2. The van der Waals surface area contributed by atoms with Crippen molar-refractivity contribution in [1.82, 2.24) is 34.9 Å². The summed E-state index contributed by atoms with van der Waals surface area (Å²) in [6, 6.07) is 13.1. The summed E-state index contributed by atoms with van der Waals surface area (Å²) in [6.07, 6.45) is 16.1. The fourth-order valence-corrected chi connectivity index (χ4v) is 8.91. The highest BCUT2D eigenvalue weighted by Gasteiger charge is 2.47. The van der Waals surface area contributed by atoms with Crippen molar-refractivity contribution >= 4 is 34.4 Å². The van der Waals surface area contributed by atoms with Crippen molar-refractivity contribution in [1.29, 1.82) is 10.5 Å². The normalized spacial score (nSPS) is 24.2. The number of benzene rings is 1. The molecule has 8 rings (SSSR count). The van der Waals surface area contributed by atoms with Crippen LogP contribution in [-0.4, -0.2) is 83.5 Å². The third-order valence-electron chi connectivity index (χ3n) is 12.6. The molecule has 0 aliphatic heterocycles. The van der Waals surface area contributed by atoms with E-state index in [2.05, 4.69) is 105 Å². The van der Waals surface area contributed by atoms with E-state index in [4.69, 9.17) is 19.7 Å². The van der Waals surface area contributed by atoms with Gasteiger partial charge in [-0.15, -0.1) is 0 Å². The van der Waals surface area contributed by atoms with Crippen LogP contribution in [-0.2, 0) is 17.6 Å². The number of anilines is 4. The van der Waals surface area contributed by atoms with Gasteiger partial charge in [0, 0.05) is 55.2 Å². The van der Waals surface area contributed by atoms with Crippen molar-refractivity contribution in [3.05, 3.63) is 83.3 Å². The molecule has 0 saturated heterocycles. The molecule has 3 aliphatic carbocycles. The van der Waals surface area contributed by atoms with Crippen molar-refractivity contribution < 1.29 is 9.84 Å². The maximum atomic E-state index is 10.4. The van der Waals surface area contributed by atoms with Gasteiger partial charge in [0.25, 0.3) is 0 Å². The molecule has 0 spiro atoms. The van der Waals surface area contributed by atoms with E-state index >= 15 is 0 Å². The molecule has 2 unspecified atom stereocenters. The Morgan fingerprint density at radius 1 is 0.783 bits per heavy atom. The predicted octanol–water partition coefficient (Wildman–Crippen LogP) is 6.87. The maximum absolute atomic E-state index is 10.4. The summed E-state index contributed by atoms with van der Waals surface area (Å²) in [4.78, 5) is 30.9. The molecule has 0 bridgehead atoms. The molecular formula is C45H55N13O2. The van der Waals surface area contributed by atoms with Gasteiger partial charge in [-0.25, -0.2) is 19.9 Å². The number of aromatic nitrogens is 7. The largest absolute Gasteiger partial charge is 0.393 e. The van der Waals surface area contributed by atoms with Crippen molar-refractivity contribution in [3.63, 3.8) is 0 Å². The number of hydrogen-bond donors (Lipinski definition) is 6. The van der Waals surface area contributed by atoms with Gasteiger partial charge in [0.15, 0.2) is 0 Å². The van der Waals surface area contributed by atoms with E-state index in [1.807, 2.05) is 18.6 Å². The van der Waals surface area contributed by atoms with Gasteiger partial charge < -0.3 is 36.1 Å². The number of aliphatic hydroxyl groups excluding tert-OH is 1. The molecule has 0 radical (unpaired) electrons. The predicted molar refractivity (Wildman–Crippen MR) is 230 cm³/mol. The Balaban J connectivity index is 0.786. The smallest absolute Gasteiger partial charge is 0.224 e. The minimum Gasteiger partial charge on any atom is -0.393 e. The van der Waals surface area contributed by atoms with E-state index in [1.54, 1.807) is 12.4 Å². The first-order chi connectivity index (χ1) is 29.0. The SMILES string of the molecule is CC1(C)C[C@H](Nc2nc(NCCc3cccc4cc[nH]c34)ncc2C#N)CC[C@@H]1OC1CC1c1ncc(CCNc2ncc(C#N)c(N[C@@H]3CC[C@H](O)C(C)(C)C3)n2)cn1. The van der Waals surface area contributed by atoms with Crippen LogP contribution in [0.1, 0.15) is 107 Å². The molecule has 15 heteroatoms. The van der Waals surface area contributed by atoms with Crippen LogP contribution in [0.5, 0.6) is 0 Å². The summed E-state index contributed by atoms with van der Waals surface area (Å²) in [5, 5.41) is 44.7. The molecule has 15 nitrogen and oxygen atoms in total. The Hall–Kier alpha value is -5.90. The van der Waals surface area contributed by atoms with Crippen LogP contribution < -0.4 is 21.3 Å². The zero-order chi connectivity index (χ0) is 41.9. The summed E-state index contributed by atoms with van der Waals surface area (Å²) in [5.41, 5.74) is 3.91. The Kier molecular flexibility index (Phi) is 11.8. The first-order valence-corrected chi connectivity index (χ1v) is 21.2. The van der Waals surface area contributed by atoms with Crippen molar-refractivity contribution in [3.8, 4) is 12.1 Å². The number of hydrogen-bond acceptors (Lipinski definition) is 14. The number of H-pyrrole nitrogens is 1. The van der Waals surface area contributed by atoms with Gasteiger partial charge in [0.2, 0.25) is 11.9 Å². The molecule has 5 aromatic rings. The molecule has 3 saturated carbocycles. The molecule has 6 N–H and O–H groups in total. The zero-order valence-electron chi connectivity index (χ0n) is 34.9. The average Bonchev–Trinajstić information content (AvgIpc) is 3.83. The molecule has 312 valence electrons. The lowest BCUT2D eigenvalue weighted by molar-refractivity contribution is -0.0637. The van der Waals surface area contributed by atoms with Gasteiger partial charge in [-0.3, -0.25) is 0 Å². The van der Waals surface area contributed by atoms with E-state index in [-0.39, 0.29) is 47.1 Å². The fraction of sp³-hybridized carbons (Fsp3) is 0.511. The van der Waals surface area contributed by atoms with Gasteiger partial charge in [-0.05, 0) is 91.2 Å². The summed E-state index contributed by atoms with van der Waals surface area (Å²) in [6.45, 7) is 9.91. The highest BCUT2D eigenvalue weighted by Crippen LogP contribution is 2.47. The summed E-state index contributed by atoms with van der Waals surface area (Å²) in [5.74, 6) is 3.02. The minimum absolute atomic E-state index is 0.0909. The number of nitrogens with zero attached hydrogens (tertiary/aromatic N) is 8. The molecule has 6 atom stereocenters. The standard InChI is InChI=1S/C45H55N13O2/c1-44(2)19-32(8-10-36(44)59)55-39-30(21-46)25-53-42(57-39)49-15-12-27-23-51-41(52-24-27)34-18-35(34)60-37-11-9-33(20-45(37,3)4)56-40-31(22-47)26-54-43(58-40)50-17-14-29-7-5-6-28-13-16-48-38(28)29/h5-7,13,16,23-26,32-37,48,59H,8-12,14-15,17-20H2,1-4H3,(H2,49,53,55,57)(H2,50,54,56,58)/t32-,33-,34?,35?,36+,37+/m1/s1. The third kappa shape index (κ3) is 9.43. The number of nitriles is 2. The molecule has 0 amide bonds. The van der Waals surface area contributed by atoms with E-state index in [0.29, 0.717) is 60.6 Å². The quantitative estimate of drug-likeness (QED) is 0.0636. The van der Waals surface area contributed by atoms with Crippen molar-refractivity contribution in [2.45, 2.75) is 122 Å². The van der Waals surface area contributed by atoms with Crippen molar-refractivity contribution in [2.75, 3.05) is 34.4 Å². The van der Waals surface area contributed by atoms with Gasteiger partial charge in [-0.2, -0.15) is 20.5 Å². The second kappa shape index (κ2) is 17.4. The Labute approximate surface area is 351 Å². The number of ether oxygens (including phenoxy) is 1. The molecule has 3 aliphatic rings. The van der Waals surface area contributed by atoms with Crippen LogP contribution in [0.15, 0.2) is 55.2 Å². The highest BCUT2D eigenvalue weighted by molar-refractivity contribution is 5.82. The summed E-state index contributed by atoms with van der Waals surface area (Å²) >= 11 is 0. The highest BCUT2D eigenvalue weighted by atomic mass is 16.5. The lowest BCUT2D eigenvalue weighted by atomic mass is 9.72. The summed E-state index contributed by atoms with van der Waals surface area (Å²) < 4.78 is 6.72. The van der Waals surface area contributed by atoms with Crippen LogP contribution in [0.2, 0.25) is 0 Å². The number of nitrogens with one attached hydrogen (secondary N) is 5. The zero-order valence-corrected chi connectivity index (χ0v) is 34.9. The van der Waals surface area contributed by atoms with Gasteiger partial charge in [0.1, 0.15) is 40.7 Å². The molecular weight excluding hydrogens is 755 g/mol. The molecule has 1 aromatic carbocycles. The number of aromatic amines is 1. The lowest BCUT2D eigenvalue weighted by Gasteiger charge is -2.42. The van der Waals surface area contributed by atoms with E-state index < -0.39 is 0 Å². The maximum Gasteiger partial charge on any atom is 0.224 e. The number of rotatable bonds is 15. The van der Waals surface area contributed by atoms with E-state index in [0.717, 1.165) is 61.9 Å². The van der Waals surface area contributed by atoms with Gasteiger partial charge in [-0.1, -0.05) is 45.9 Å². The molecule has 4 aromatic heterocycles. The second-order valence-electron chi connectivity index (χ2n) is 18.0. The van der Waals surface area contributed by atoms with Crippen LogP contribution >= 0.6 is 0 Å². The lowest BCUT2D eigenvalue weighted by Crippen LogP contribution is -2.43. The monoisotopic (exact) mass is 809 g/mol. The minimum atomic E-state index is -0.331. The topological polar surface area (TPSA) is 218 Å². The third-order valence-corrected chi connectivity index (χ3v) is 12.6. The number of aliphatic hydroxyl groups is 1. The molecule has 4 heterocycles. The Morgan fingerprint density at radius 2 is 1.42 bits per heavy atom.